The number of piperidine rings is 1. The maximum absolute atomic E-state index is 13.2. The Bertz CT molecular complexity index is 646. The van der Waals surface area contributed by atoms with E-state index < -0.39 is 0 Å². The second-order valence-corrected chi connectivity index (χ2v) is 7.72. The van der Waals surface area contributed by atoms with Crippen molar-refractivity contribution in [2.45, 2.75) is 64.3 Å². The molecule has 1 fully saturated rings. The molecule has 7 heteroatoms. The first kappa shape index (κ1) is 19.2. The number of fused-ring (bicyclic) bond motifs is 1. The number of nitrogens with zero attached hydrogens (tertiary/aromatic N) is 2. The molecular weight excluding hydrogens is 354 g/mol. The Hall–Kier alpha value is -1.56. The summed E-state index contributed by atoms with van der Waals surface area (Å²) in [5.74, 6) is 0.720. The van der Waals surface area contributed by atoms with E-state index in [9.17, 15) is 9.59 Å². The second-order valence-electron chi connectivity index (χ2n) is 7.46. The molecule has 26 heavy (non-hydrogen) atoms. The fourth-order valence-electron chi connectivity index (χ4n) is 4.22. The highest BCUT2D eigenvalue weighted by atomic mass is 35.5. The van der Waals surface area contributed by atoms with E-state index in [4.69, 9.17) is 16.1 Å². The van der Waals surface area contributed by atoms with Crippen LogP contribution in [0.2, 0.25) is 0 Å². The molecule has 1 N–H and O–H groups in total. The van der Waals surface area contributed by atoms with Gasteiger partial charge in [0.05, 0.1) is 5.69 Å². The van der Waals surface area contributed by atoms with Crippen molar-refractivity contribution in [3.05, 3.63) is 17.0 Å². The van der Waals surface area contributed by atoms with Gasteiger partial charge in [0.1, 0.15) is 5.88 Å². The molecule has 1 aromatic heterocycles. The highest BCUT2D eigenvalue weighted by molar-refractivity contribution is 6.27. The minimum absolute atomic E-state index is 0.0120. The lowest BCUT2D eigenvalue weighted by Crippen LogP contribution is -2.48. The van der Waals surface area contributed by atoms with E-state index in [1.54, 1.807) is 0 Å². The van der Waals surface area contributed by atoms with Gasteiger partial charge >= 0.3 is 0 Å². The predicted octanol–water partition coefficient (Wildman–Crippen LogP) is 2.93. The van der Waals surface area contributed by atoms with Crippen molar-refractivity contribution in [2.75, 3.05) is 19.0 Å². The molecule has 6 nitrogen and oxygen atoms in total. The molecule has 2 amide bonds. The molecular formula is C19H28ClN3O3. The molecule has 3 rings (SSSR count). The van der Waals surface area contributed by atoms with Gasteiger partial charge < -0.3 is 14.7 Å². The van der Waals surface area contributed by atoms with Crippen LogP contribution >= 0.6 is 11.6 Å². The minimum Gasteiger partial charge on any atom is -0.355 e. The molecule has 144 valence electrons. The van der Waals surface area contributed by atoms with Crippen molar-refractivity contribution in [3.63, 3.8) is 0 Å². The second kappa shape index (κ2) is 8.89. The van der Waals surface area contributed by atoms with Gasteiger partial charge in [-0.15, -0.1) is 11.6 Å². The quantitative estimate of drug-likeness (QED) is 0.607. The van der Waals surface area contributed by atoms with Gasteiger partial charge in [-0.2, -0.15) is 0 Å². The van der Waals surface area contributed by atoms with Crippen LogP contribution in [0, 0.1) is 5.92 Å². The molecule has 0 saturated carbocycles. The van der Waals surface area contributed by atoms with Crippen LogP contribution in [0.3, 0.4) is 0 Å². The molecule has 0 aromatic carbocycles. The molecule has 1 aromatic rings. The van der Waals surface area contributed by atoms with E-state index in [0.717, 1.165) is 69.2 Å². The van der Waals surface area contributed by atoms with Crippen molar-refractivity contribution >= 4 is 23.4 Å². The Morgan fingerprint density at radius 1 is 1.31 bits per heavy atom. The number of aromatic nitrogens is 1. The first-order valence-corrected chi connectivity index (χ1v) is 10.3. The topological polar surface area (TPSA) is 75.4 Å². The number of aryl methyl sites for hydroxylation is 1. The number of nitrogens with one attached hydrogen (secondary N) is 1. The number of likely N-dealkylation sites (tertiary alicyclic amines) is 1. The van der Waals surface area contributed by atoms with Crippen molar-refractivity contribution < 1.29 is 14.1 Å². The Morgan fingerprint density at radius 2 is 2.12 bits per heavy atom. The molecule has 1 aliphatic carbocycles. The highest BCUT2D eigenvalue weighted by Crippen LogP contribution is 2.30. The molecule has 0 radical (unpaired) electrons. The van der Waals surface area contributed by atoms with E-state index >= 15 is 0 Å². The first-order valence-electron chi connectivity index (χ1n) is 9.73. The number of hydrogen-bond acceptors (Lipinski definition) is 4. The molecule has 0 bridgehead atoms. The number of amides is 2. The first-order chi connectivity index (χ1) is 12.6. The fraction of sp³-hybridized carbons (Fsp3) is 0.737. The zero-order chi connectivity index (χ0) is 18.5. The smallest absolute Gasteiger partial charge is 0.293 e. The zero-order valence-corrected chi connectivity index (χ0v) is 16.2. The lowest BCUT2D eigenvalue weighted by Gasteiger charge is -2.40. The lowest BCUT2D eigenvalue weighted by molar-refractivity contribution is -0.118. The van der Waals surface area contributed by atoms with Gasteiger partial charge in [0.2, 0.25) is 11.7 Å². The number of rotatable bonds is 6. The molecule has 2 aliphatic rings. The summed E-state index contributed by atoms with van der Waals surface area (Å²) in [7, 11) is 0. The van der Waals surface area contributed by atoms with Gasteiger partial charge in [0.15, 0.2) is 0 Å². The average molecular weight is 382 g/mol. The van der Waals surface area contributed by atoms with E-state index in [1.165, 1.54) is 0 Å². The maximum Gasteiger partial charge on any atom is 0.293 e. The van der Waals surface area contributed by atoms with Crippen LogP contribution in [-0.4, -0.2) is 46.9 Å². The number of halogens is 1. The Labute approximate surface area is 159 Å². The van der Waals surface area contributed by atoms with Crippen LogP contribution in [-0.2, 0) is 17.6 Å². The number of carbonyl (C=O) groups excluding carboxylic acids is 2. The fourth-order valence-corrected chi connectivity index (χ4v) is 4.31. The molecule has 2 atom stereocenters. The molecule has 0 spiro atoms. The lowest BCUT2D eigenvalue weighted by atomic mass is 9.87. The Kier molecular flexibility index (Phi) is 6.57. The largest absolute Gasteiger partial charge is 0.355 e. The number of hydrogen-bond donors (Lipinski definition) is 1. The molecule has 2 unspecified atom stereocenters. The third-order valence-corrected chi connectivity index (χ3v) is 5.89. The molecule has 1 saturated heterocycles. The Balaban J connectivity index is 1.66. The van der Waals surface area contributed by atoms with E-state index in [0.29, 0.717) is 18.2 Å². The summed E-state index contributed by atoms with van der Waals surface area (Å²) in [4.78, 5) is 26.4. The van der Waals surface area contributed by atoms with Crippen molar-refractivity contribution in [3.8, 4) is 0 Å². The minimum atomic E-state index is -0.149. The maximum atomic E-state index is 13.2. The number of alkyl halides is 1. The van der Waals surface area contributed by atoms with E-state index in [1.807, 2.05) is 4.90 Å². The van der Waals surface area contributed by atoms with Crippen LogP contribution in [0.5, 0.6) is 0 Å². The van der Waals surface area contributed by atoms with Crippen molar-refractivity contribution in [1.82, 2.24) is 15.4 Å². The van der Waals surface area contributed by atoms with Gasteiger partial charge in [0, 0.05) is 24.7 Å². The number of carbonyl (C=O) groups is 2. The predicted molar refractivity (Wildman–Crippen MR) is 99.3 cm³/mol. The van der Waals surface area contributed by atoms with E-state index in [-0.39, 0.29) is 23.7 Å². The van der Waals surface area contributed by atoms with Gasteiger partial charge in [-0.05, 0) is 57.3 Å². The summed E-state index contributed by atoms with van der Waals surface area (Å²) < 4.78 is 5.47. The third kappa shape index (κ3) is 4.22. The monoisotopic (exact) mass is 381 g/mol. The normalized spacial score (nSPS) is 22.8. The Morgan fingerprint density at radius 3 is 2.92 bits per heavy atom. The van der Waals surface area contributed by atoms with Crippen LogP contribution in [0.4, 0.5) is 0 Å². The van der Waals surface area contributed by atoms with Gasteiger partial charge in [-0.25, -0.2) is 0 Å². The van der Waals surface area contributed by atoms with E-state index in [2.05, 4.69) is 17.4 Å². The summed E-state index contributed by atoms with van der Waals surface area (Å²) in [6.07, 6.45) is 7.84. The zero-order valence-electron chi connectivity index (χ0n) is 15.4. The standard InChI is InChI=1S/C19H28ClN3O3/c1-13-6-5-11-23(16(13)9-4-10-21-17(24)12-20)19(25)18-14-7-2-3-8-15(14)22-26-18/h13,16H,2-12H2,1H3,(H,21,24). The van der Waals surface area contributed by atoms with Gasteiger partial charge in [-0.1, -0.05) is 12.1 Å². The van der Waals surface area contributed by atoms with Crippen LogP contribution in [0.15, 0.2) is 4.52 Å². The summed E-state index contributed by atoms with van der Waals surface area (Å²) in [5.41, 5.74) is 1.98. The summed E-state index contributed by atoms with van der Waals surface area (Å²) in [6, 6.07) is 0.175. The third-order valence-electron chi connectivity index (χ3n) is 5.65. The summed E-state index contributed by atoms with van der Waals surface area (Å²) >= 11 is 5.50. The van der Waals surface area contributed by atoms with Crippen LogP contribution in [0.1, 0.15) is 67.3 Å². The van der Waals surface area contributed by atoms with Gasteiger partial charge in [-0.3, -0.25) is 9.59 Å². The SMILES string of the molecule is CC1CCCN(C(=O)c2onc3c2CCCC3)C1CCCNC(=O)CCl. The summed E-state index contributed by atoms with van der Waals surface area (Å²) in [6.45, 7) is 3.56. The van der Waals surface area contributed by atoms with Gasteiger partial charge in [0.25, 0.3) is 5.91 Å². The van der Waals surface area contributed by atoms with Crippen LogP contribution in [0.25, 0.3) is 0 Å². The average Bonchev–Trinajstić information content (AvgIpc) is 3.09. The molecule has 1 aliphatic heterocycles. The van der Waals surface area contributed by atoms with Crippen molar-refractivity contribution in [2.24, 2.45) is 5.92 Å². The van der Waals surface area contributed by atoms with Crippen molar-refractivity contribution in [1.29, 1.82) is 0 Å². The molecule has 2 heterocycles. The highest BCUT2D eigenvalue weighted by Gasteiger charge is 2.35. The summed E-state index contributed by atoms with van der Waals surface area (Å²) in [5, 5.41) is 6.93. The van der Waals surface area contributed by atoms with Crippen LogP contribution < -0.4 is 5.32 Å².